The van der Waals surface area contributed by atoms with Crippen LogP contribution < -0.4 is 11.1 Å². The minimum absolute atomic E-state index is 0.384. The van der Waals surface area contributed by atoms with E-state index < -0.39 is 0 Å². The van der Waals surface area contributed by atoms with Gasteiger partial charge in [-0.15, -0.1) is 0 Å². The lowest BCUT2D eigenvalue weighted by atomic mass is 10.2. The second kappa shape index (κ2) is 5.05. The van der Waals surface area contributed by atoms with Gasteiger partial charge in [-0.3, -0.25) is 4.98 Å². The lowest BCUT2D eigenvalue weighted by Crippen LogP contribution is -2.13. The number of thiophene rings is 1. The van der Waals surface area contributed by atoms with Crippen molar-refractivity contribution in [3.63, 3.8) is 0 Å². The van der Waals surface area contributed by atoms with Gasteiger partial charge in [0, 0.05) is 18.3 Å². The summed E-state index contributed by atoms with van der Waals surface area (Å²) < 4.78 is 0. The predicted molar refractivity (Wildman–Crippen MR) is 71.8 cm³/mol. The molecule has 16 heavy (non-hydrogen) atoms. The van der Waals surface area contributed by atoms with Crippen molar-refractivity contribution in [1.29, 1.82) is 0 Å². The fourth-order valence-corrected chi connectivity index (χ4v) is 2.19. The number of hydrogen-bond acceptors (Lipinski definition) is 4. The first kappa shape index (κ1) is 11.0. The van der Waals surface area contributed by atoms with E-state index in [1.165, 1.54) is 5.56 Å². The van der Waals surface area contributed by atoms with Crippen LogP contribution in [0.5, 0.6) is 0 Å². The number of aromatic nitrogens is 1. The Balaban J connectivity index is 2.12. The number of pyridine rings is 1. The molecule has 82 valence electrons. The number of nitrogens with zero attached hydrogens (tertiary/aromatic N) is 1. The first-order valence-corrected chi connectivity index (χ1v) is 6.11. The van der Waals surface area contributed by atoms with E-state index in [-0.39, 0.29) is 0 Å². The van der Waals surface area contributed by atoms with Crippen LogP contribution in [0.1, 0.15) is 11.1 Å². The van der Waals surface area contributed by atoms with Gasteiger partial charge in [0.05, 0.1) is 11.9 Å². The van der Waals surface area contributed by atoms with E-state index in [0.717, 1.165) is 17.8 Å². The highest BCUT2D eigenvalue weighted by atomic mass is 32.1. The van der Waals surface area contributed by atoms with Crippen LogP contribution >= 0.6 is 23.6 Å². The smallest absolute Gasteiger partial charge is 0.106 e. The van der Waals surface area contributed by atoms with Crippen LogP contribution in [0.3, 0.4) is 0 Å². The number of nitrogens with one attached hydrogen (secondary N) is 1. The molecule has 0 aromatic carbocycles. The van der Waals surface area contributed by atoms with Crippen molar-refractivity contribution in [2.24, 2.45) is 5.73 Å². The summed E-state index contributed by atoms with van der Waals surface area (Å²) in [5, 5.41) is 7.42. The molecule has 0 aliphatic carbocycles. The normalized spacial score (nSPS) is 10.0. The monoisotopic (exact) mass is 249 g/mol. The molecule has 2 aromatic rings. The second-order valence-electron chi connectivity index (χ2n) is 3.27. The van der Waals surface area contributed by atoms with Crippen molar-refractivity contribution >= 4 is 34.2 Å². The van der Waals surface area contributed by atoms with Gasteiger partial charge in [0.2, 0.25) is 0 Å². The predicted octanol–water partition coefficient (Wildman–Crippen LogP) is 2.39. The lowest BCUT2D eigenvalue weighted by Gasteiger charge is -2.09. The van der Waals surface area contributed by atoms with Gasteiger partial charge in [0.25, 0.3) is 0 Å². The molecule has 0 aliphatic heterocycles. The van der Waals surface area contributed by atoms with Crippen LogP contribution in [0, 0.1) is 0 Å². The van der Waals surface area contributed by atoms with Crippen molar-refractivity contribution in [3.05, 3.63) is 46.4 Å². The maximum Gasteiger partial charge on any atom is 0.106 e. The zero-order valence-corrected chi connectivity index (χ0v) is 10.1. The molecule has 0 aliphatic rings. The molecule has 0 radical (unpaired) electrons. The van der Waals surface area contributed by atoms with E-state index in [0.29, 0.717) is 4.99 Å². The Kier molecular flexibility index (Phi) is 3.48. The van der Waals surface area contributed by atoms with Crippen molar-refractivity contribution in [1.82, 2.24) is 4.98 Å². The molecule has 2 aromatic heterocycles. The summed E-state index contributed by atoms with van der Waals surface area (Å²) in [6, 6.07) is 3.90. The van der Waals surface area contributed by atoms with Crippen molar-refractivity contribution in [2.75, 3.05) is 5.32 Å². The lowest BCUT2D eigenvalue weighted by molar-refractivity contribution is 1.15. The molecular weight excluding hydrogens is 238 g/mol. The zero-order chi connectivity index (χ0) is 11.4. The van der Waals surface area contributed by atoms with E-state index in [4.69, 9.17) is 18.0 Å². The Morgan fingerprint density at radius 3 is 3.06 bits per heavy atom. The molecule has 0 spiro atoms. The third-order valence-corrected chi connectivity index (χ3v) is 3.10. The zero-order valence-electron chi connectivity index (χ0n) is 8.51. The summed E-state index contributed by atoms with van der Waals surface area (Å²) in [6.45, 7) is 0.755. The van der Waals surface area contributed by atoms with Gasteiger partial charge in [0.15, 0.2) is 0 Å². The molecule has 0 atom stereocenters. The summed E-state index contributed by atoms with van der Waals surface area (Å²) in [5.41, 5.74) is 8.58. The molecular formula is C11H11N3S2. The SMILES string of the molecule is NC(=S)c1ccncc1NCc1ccsc1. The van der Waals surface area contributed by atoms with E-state index in [1.807, 2.05) is 6.07 Å². The molecule has 5 heteroatoms. The maximum absolute atomic E-state index is 5.63. The molecule has 0 saturated heterocycles. The first-order valence-electron chi connectivity index (χ1n) is 4.76. The van der Waals surface area contributed by atoms with Crippen LogP contribution in [-0.2, 0) is 6.54 Å². The molecule has 0 saturated carbocycles. The second-order valence-corrected chi connectivity index (χ2v) is 4.49. The Morgan fingerprint density at radius 2 is 2.38 bits per heavy atom. The van der Waals surface area contributed by atoms with E-state index >= 15 is 0 Å². The van der Waals surface area contributed by atoms with Gasteiger partial charge in [-0.2, -0.15) is 11.3 Å². The van der Waals surface area contributed by atoms with E-state index in [1.54, 1.807) is 23.7 Å². The molecule has 3 nitrogen and oxygen atoms in total. The largest absolute Gasteiger partial charge is 0.389 e. The molecule has 0 bridgehead atoms. The van der Waals surface area contributed by atoms with Gasteiger partial charge >= 0.3 is 0 Å². The standard InChI is InChI=1S/C11H11N3S2/c12-11(15)9-1-3-13-6-10(9)14-5-8-2-4-16-7-8/h1-4,6-7,14H,5H2,(H2,12,15). The van der Waals surface area contributed by atoms with Gasteiger partial charge in [-0.25, -0.2) is 0 Å². The number of anilines is 1. The maximum atomic E-state index is 5.63. The third-order valence-electron chi connectivity index (χ3n) is 2.15. The van der Waals surface area contributed by atoms with Crippen molar-refractivity contribution < 1.29 is 0 Å². The Labute approximate surface area is 103 Å². The Bertz CT molecular complexity index is 480. The Hall–Kier alpha value is -1.46. The van der Waals surface area contributed by atoms with Gasteiger partial charge in [-0.1, -0.05) is 12.2 Å². The van der Waals surface area contributed by atoms with Crippen LogP contribution in [0.15, 0.2) is 35.3 Å². The summed E-state index contributed by atoms with van der Waals surface area (Å²) >= 11 is 6.65. The molecule has 3 N–H and O–H groups in total. The average molecular weight is 249 g/mol. The number of rotatable bonds is 4. The fourth-order valence-electron chi connectivity index (χ4n) is 1.34. The quantitative estimate of drug-likeness (QED) is 0.817. The van der Waals surface area contributed by atoms with Crippen LogP contribution in [0.25, 0.3) is 0 Å². The molecule has 2 heterocycles. The van der Waals surface area contributed by atoms with E-state index in [9.17, 15) is 0 Å². The average Bonchev–Trinajstić information content (AvgIpc) is 2.79. The summed E-state index contributed by atoms with van der Waals surface area (Å²) in [4.78, 5) is 4.44. The summed E-state index contributed by atoms with van der Waals surface area (Å²) in [7, 11) is 0. The topological polar surface area (TPSA) is 50.9 Å². The van der Waals surface area contributed by atoms with Crippen LogP contribution in [-0.4, -0.2) is 9.97 Å². The number of thiocarbonyl (C=S) groups is 1. The highest BCUT2D eigenvalue weighted by molar-refractivity contribution is 7.80. The summed E-state index contributed by atoms with van der Waals surface area (Å²) in [6.07, 6.45) is 3.42. The third kappa shape index (κ3) is 2.56. The van der Waals surface area contributed by atoms with Crippen molar-refractivity contribution in [3.8, 4) is 0 Å². The number of hydrogen-bond donors (Lipinski definition) is 2. The molecule has 0 unspecified atom stereocenters. The van der Waals surface area contributed by atoms with E-state index in [2.05, 4.69) is 27.1 Å². The van der Waals surface area contributed by atoms with Gasteiger partial charge < -0.3 is 11.1 Å². The van der Waals surface area contributed by atoms with Crippen LogP contribution in [0.2, 0.25) is 0 Å². The first-order chi connectivity index (χ1) is 7.77. The van der Waals surface area contributed by atoms with Gasteiger partial charge in [0.1, 0.15) is 4.99 Å². The minimum Gasteiger partial charge on any atom is -0.389 e. The highest BCUT2D eigenvalue weighted by Crippen LogP contribution is 2.15. The van der Waals surface area contributed by atoms with Gasteiger partial charge in [-0.05, 0) is 28.5 Å². The highest BCUT2D eigenvalue weighted by Gasteiger charge is 2.04. The number of nitrogens with two attached hydrogens (primary N) is 1. The van der Waals surface area contributed by atoms with Crippen molar-refractivity contribution in [2.45, 2.75) is 6.54 Å². The van der Waals surface area contributed by atoms with Crippen LogP contribution in [0.4, 0.5) is 5.69 Å². The minimum atomic E-state index is 0.384. The fraction of sp³-hybridized carbons (Fsp3) is 0.0909. The molecule has 0 amide bonds. The Morgan fingerprint density at radius 1 is 1.50 bits per heavy atom. The summed E-state index contributed by atoms with van der Waals surface area (Å²) in [5.74, 6) is 0. The molecule has 0 fully saturated rings. The molecule has 2 rings (SSSR count).